The van der Waals surface area contributed by atoms with Gasteiger partial charge in [0.05, 0.1) is 0 Å². The van der Waals surface area contributed by atoms with Crippen LogP contribution in [0.2, 0.25) is 0 Å². The van der Waals surface area contributed by atoms with E-state index in [-0.39, 0.29) is 0 Å². The Labute approximate surface area is 101 Å². The van der Waals surface area contributed by atoms with Gasteiger partial charge in [0.1, 0.15) is 0 Å². The molecule has 2 heteroatoms. The lowest BCUT2D eigenvalue weighted by molar-refractivity contribution is 0.169. The van der Waals surface area contributed by atoms with Gasteiger partial charge in [-0.15, -0.1) is 0 Å². The molecular weight excluding hydrogens is 202 g/mol. The average Bonchev–Trinajstić information content (AvgIpc) is 3.03. The molecule has 0 bridgehead atoms. The van der Waals surface area contributed by atoms with Crippen molar-refractivity contribution in [3.8, 4) is 0 Å². The average molecular weight is 229 g/mol. The fraction of sp³-hybridized carbons (Fsp3) is 1.00. The minimum Gasteiger partial charge on any atom is -0.300 e. The molecule has 0 radical (unpaired) electrons. The monoisotopic (exact) mass is 229 g/mol. The van der Waals surface area contributed by atoms with Crippen molar-refractivity contribution in [2.75, 3.05) is 18.8 Å². The molecule has 1 atom stereocenters. The van der Waals surface area contributed by atoms with Crippen molar-refractivity contribution in [2.24, 2.45) is 5.41 Å². The summed E-state index contributed by atoms with van der Waals surface area (Å²) in [6.07, 6.45) is 6.71. The van der Waals surface area contributed by atoms with E-state index in [1.165, 1.54) is 45.2 Å². The summed E-state index contributed by atoms with van der Waals surface area (Å²) in [5.74, 6) is 1.08. The molecule has 0 saturated heterocycles. The van der Waals surface area contributed by atoms with Crippen LogP contribution in [0.1, 0.15) is 52.9 Å². The smallest absolute Gasteiger partial charge is 0.00645 e. The van der Waals surface area contributed by atoms with Crippen LogP contribution < -0.4 is 0 Å². The zero-order valence-corrected chi connectivity index (χ0v) is 11.5. The molecule has 15 heavy (non-hydrogen) atoms. The first-order chi connectivity index (χ1) is 7.17. The first-order valence-electron chi connectivity index (χ1n) is 6.52. The summed E-state index contributed by atoms with van der Waals surface area (Å²) in [5, 5.41) is 0. The summed E-state index contributed by atoms with van der Waals surface area (Å²) in [6, 6.07) is 0.744. The molecule has 90 valence electrons. The fourth-order valence-corrected chi connectivity index (χ4v) is 2.46. The number of hydrogen-bond donors (Lipinski definition) is 1. The van der Waals surface area contributed by atoms with E-state index in [9.17, 15) is 0 Å². The Kier molecular flexibility index (Phi) is 5.48. The quantitative estimate of drug-likeness (QED) is 0.623. The minimum absolute atomic E-state index is 0.584. The molecule has 0 spiro atoms. The number of unbranched alkanes of at least 4 members (excludes halogenated alkanes) is 1. The van der Waals surface area contributed by atoms with E-state index in [2.05, 4.69) is 38.3 Å². The third-order valence-corrected chi connectivity index (χ3v) is 4.51. The Bertz CT molecular complexity index is 177. The van der Waals surface area contributed by atoms with Crippen molar-refractivity contribution in [1.29, 1.82) is 0 Å². The summed E-state index contributed by atoms with van der Waals surface area (Å²) >= 11 is 4.50. The molecule has 1 aliphatic carbocycles. The molecule has 1 rings (SSSR count). The van der Waals surface area contributed by atoms with Gasteiger partial charge in [-0.25, -0.2) is 0 Å². The van der Waals surface area contributed by atoms with Crippen LogP contribution in [-0.4, -0.2) is 29.8 Å². The zero-order chi connectivity index (χ0) is 11.3. The van der Waals surface area contributed by atoms with Gasteiger partial charge in [-0.3, -0.25) is 0 Å². The highest BCUT2D eigenvalue weighted by molar-refractivity contribution is 7.80. The van der Waals surface area contributed by atoms with Crippen molar-refractivity contribution in [3.63, 3.8) is 0 Å². The SMILES string of the molecule is CCCCN(CC1(CS)CC1)C(C)CC. The highest BCUT2D eigenvalue weighted by Gasteiger charge is 2.42. The second-order valence-electron chi connectivity index (χ2n) is 5.24. The third kappa shape index (κ3) is 3.99. The molecule has 1 saturated carbocycles. The zero-order valence-electron chi connectivity index (χ0n) is 10.6. The molecule has 0 aromatic rings. The molecule has 1 aliphatic rings. The second kappa shape index (κ2) is 6.15. The van der Waals surface area contributed by atoms with Crippen LogP contribution in [0.25, 0.3) is 0 Å². The largest absolute Gasteiger partial charge is 0.300 e. The topological polar surface area (TPSA) is 3.24 Å². The molecule has 0 amide bonds. The number of nitrogens with zero attached hydrogens (tertiary/aromatic N) is 1. The lowest BCUT2D eigenvalue weighted by Gasteiger charge is -2.31. The van der Waals surface area contributed by atoms with E-state index in [1.807, 2.05) is 0 Å². The molecule has 0 heterocycles. The summed E-state index contributed by atoms with van der Waals surface area (Å²) in [7, 11) is 0. The van der Waals surface area contributed by atoms with Crippen molar-refractivity contribution < 1.29 is 0 Å². The highest BCUT2D eigenvalue weighted by atomic mass is 32.1. The molecule has 1 unspecified atom stereocenters. The first-order valence-corrected chi connectivity index (χ1v) is 7.15. The van der Waals surface area contributed by atoms with Gasteiger partial charge in [-0.05, 0) is 50.3 Å². The lowest BCUT2D eigenvalue weighted by Crippen LogP contribution is -2.38. The first kappa shape index (κ1) is 13.4. The predicted octanol–water partition coefficient (Wildman–Crippen LogP) is 3.60. The van der Waals surface area contributed by atoms with Crippen molar-refractivity contribution in [1.82, 2.24) is 4.90 Å². The van der Waals surface area contributed by atoms with Crippen molar-refractivity contribution in [2.45, 2.75) is 58.9 Å². The minimum atomic E-state index is 0.584. The van der Waals surface area contributed by atoms with E-state index in [4.69, 9.17) is 0 Å². The Morgan fingerprint density at radius 2 is 2.00 bits per heavy atom. The third-order valence-electron chi connectivity index (χ3n) is 3.84. The van der Waals surface area contributed by atoms with Crippen LogP contribution in [0.4, 0.5) is 0 Å². The summed E-state index contributed by atoms with van der Waals surface area (Å²) in [6.45, 7) is 9.50. The van der Waals surface area contributed by atoms with Crippen LogP contribution in [0.3, 0.4) is 0 Å². The standard InChI is InChI=1S/C13H27NS/c1-4-6-9-14(12(3)5-2)10-13(11-15)7-8-13/h12,15H,4-11H2,1-3H3. The number of hydrogen-bond acceptors (Lipinski definition) is 2. The van der Waals surface area contributed by atoms with E-state index in [0.29, 0.717) is 5.41 Å². The van der Waals surface area contributed by atoms with Gasteiger partial charge in [-0.2, -0.15) is 12.6 Å². The van der Waals surface area contributed by atoms with Gasteiger partial charge in [-0.1, -0.05) is 20.3 Å². The van der Waals surface area contributed by atoms with E-state index in [1.54, 1.807) is 0 Å². The van der Waals surface area contributed by atoms with Crippen molar-refractivity contribution >= 4 is 12.6 Å². The fourth-order valence-electron chi connectivity index (χ4n) is 2.05. The van der Waals surface area contributed by atoms with Gasteiger partial charge in [0.25, 0.3) is 0 Å². The molecule has 1 fully saturated rings. The Morgan fingerprint density at radius 1 is 1.33 bits per heavy atom. The van der Waals surface area contributed by atoms with Gasteiger partial charge in [0, 0.05) is 12.6 Å². The Morgan fingerprint density at radius 3 is 2.40 bits per heavy atom. The molecular formula is C13H27NS. The van der Waals surface area contributed by atoms with E-state index in [0.717, 1.165) is 11.8 Å². The van der Waals surface area contributed by atoms with Crippen LogP contribution >= 0.6 is 12.6 Å². The van der Waals surface area contributed by atoms with E-state index < -0.39 is 0 Å². The maximum atomic E-state index is 4.50. The van der Waals surface area contributed by atoms with Gasteiger partial charge in [0.15, 0.2) is 0 Å². The Hall–Kier alpha value is 0.310. The van der Waals surface area contributed by atoms with Gasteiger partial charge < -0.3 is 4.90 Å². The molecule has 0 N–H and O–H groups in total. The summed E-state index contributed by atoms with van der Waals surface area (Å²) in [4.78, 5) is 2.69. The predicted molar refractivity (Wildman–Crippen MR) is 71.8 cm³/mol. The maximum absolute atomic E-state index is 4.50. The van der Waals surface area contributed by atoms with Crippen LogP contribution in [0.5, 0.6) is 0 Å². The number of thiol groups is 1. The highest BCUT2D eigenvalue weighted by Crippen LogP contribution is 2.47. The summed E-state index contributed by atoms with van der Waals surface area (Å²) in [5.41, 5.74) is 0.584. The van der Waals surface area contributed by atoms with Gasteiger partial charge >= 0.3 is 0 Å². The van der Waals surface area contributed by atoms with E-state index >= 15 is 0 Å². The van der Waals surface area contributed by atoms with Crippen LogP contribution in [0.15, 0.2) is 0 Å². The molecule has 0 aromatic heterocycles. The normalized spacial score (nSPS) is 20.6. The summed E-state index contributed by atoms with van der Waals surface area (Å²) < 4.78 is 0. The number of rotatable bonds is 8. The maximum Gasteiger partial charge on any atom is 0.00645 e. The second-order valence-corrected chi connectivity index (χ2v) is 5.56. The molecule has 0 aliphatic heterocycles. The van der Waals surface area contributed by atoms with Crippen LogP contribution in [-0.2, 0) is 0 Å². The van der Waals surface area contributed by atoms with Crippen molar-refractivity contribution in [3.05, 3.63) is 0 Å². The van der Waals surface area contributed by atoms with Gasteiger partial charge in [0.2, 0.25) is 0 Å². The molecule has 0 aromatic carbocycles. The van der Waals surface area contributed by atoms with Crippen LogP contribution in [0, 0.1) is 5.41 Å². The lowest BCUT2D eigenvalue weighted by atomic mass is 10.1. The molecule has 1 nitrogen and oxygen atoms in total. The Balaban J connectivity index is 2.41.